The van der Waals surface area contributed by atoms with Gasteiger partial charge in [0, 0.05) is 0 Å². The molecule has 1 N–H and O–H groups in total. The molecule has 2 nitrogen and oxygen atoms in total. The quantitative estimate of drug-likeness (QED) is 0.863. The first-order valence-electron chi connectivity index (χ1n) is 7.19. The Kier molecular flexibility index (Phi) is 5.06. The number of ether oxygens (including phenoxy) is 1. The van der Waals surface area contributed by atoms with Crippen LogP contribution >= 0.6 is 0 Å². The Morgan fingerprint density at radius 3 is 2.56 bits per heavy atom. The van der Waals surface area contributed by atoms with E-state index in [0.29, 0.717) is 5.92 Å². The molecule has 1 saturated carbocycles. The highest BCUT2D eigenvalue weighted by atomic mass is 16.5. The molecule has 0 aliphatic heterocycles. The van der Waals surface area contributed by atoms with Crippen molar-refractivity contribution >= 4 is 0 Å². The predicted octanol–water partition coefficient (Wildman–Crippen LogP) is 3.57. The van der Waals surface area contributed by atoms with Gasteiger partial charge < -0.3 is 9.84 Å². The molecule has 2 rings (SSSR count). The molecule has 1 fully saturated rings. The highest BCUT2D eigenvalue weighted by Gasteiger charge is 2.22. The van der Waals surface area contributed by atoms with Crippen molar-refractivity contribution < 1.29 is 9.84 Å². The van der Waals surface area contributed by atoms with E-state index in [1.807, 2.05) is 12.1 Å². The summed E-state index contributed by atoms with van der Waals surface area (Å²) in [5.74, 6) is 1.39. The van der Waals surface area contributed by atoms with Crippen LogP contribution in [-0.2, 0) is 6.42 Å². The van der Waals surface area contributed by atoms with Crippen molar-refractivity contribution in [3.63, 3.8) is 0 Å². The van der Waals surface area contributed by atoms with Gasteiger partial charge in [-0.15, -0.1) is 0 Å². The van der Waals surface area contributed by atoms with Crippen LogP contribution in [0.3, 0.4) is 0 Å². The largest absolute Gasteiger partial charge is 0.494 e. The Balaban J connectivity index is 1.89. The number of benzene rings is 1. The highest BCUT2D eigenvalue weighted by molar-refractivity contribution is 5.27. The summed E-state index contributed by atoms with van der Waals surface area (Å²) in [4.78, 5) is 0. The molecule has 18 heavy (non-hydrogen) atoms. The first-order valence-corrected chi connectivity index (χ1v) is 7.19. The Bertz CT molecular complexity index is 345. The second-order valence-corrected chi connectivity index (χ2v) is 5.31. The van der Waals surface area contributed by atoms with Gasteiger partial charge in [0.25, 0.3) is 0 Å². The number of aliphatic hydroxyl groups is 1. The lowest BCUT2D eigenvalue weighted by Crippen LogP contribution is -2.26. The second-order valence-electron chi connectivity index (χ2n) is 5.31. The van der Waals surface area contributed by atoms with Crippen molar-refractivity contribution in [1.82, 2.24) is 0 Å². The highest BCUT2D eigenvalue weighted by Crippen LogP contribution is 2.27. The third-order valence-electron chi connectivity index (χ3n) is 3.76. The van der Waals surface area contributed by atoms with Gasteiger partial charge in [0.05, 0.1) is 12.7 Å². The minimum Gasteiger partial charge on any atom is -0.494 e. The van der Waals surface area contributed by atoms with Crippen molar-refractivity contribution in [3.8, 4) is 5.75 Å². The van der Waals surface area contributed by atoms with Crippen LogP contribution < -0.4 is 4.74 Å². The smallest absolute Gasteiger partial charge is 0.119 e. The van der Waals surface area contributed by atoms with Gasteiger partial charge >= 0.3 is 0 Å². The van der Waals surface area contributed by atoms with Crippen LogP contribution in [0, 0.1) is 5.92 Å². The van der Waals surface area contributed by atoms with E-state index in [-0.39, 0.29) is 6.10 Å². The van der Waals surface area contributed by atoms with Crippen molar-refractivity contribution in [2.75, 3.05) is 6.61 Å². The Morgan fingerprint density at radius 1 is 1.17 bits per heavy atom. The van der Waals surface area contributed by atoms with E-state index in [0.717, 1.165) is 38.0 Å². The molecule has 2 unspecified atom stereocenters. The molecule has 0 heterocycles. The Labute approximate surface area is 110 Å². The maximum Gasteiger partial charge on any atom is 0.119 e. The van der Waals surface area contributed by atoms with E-state index in [1.165, 1.54) is 18.4 Å². The van der Waals surface area contributed by atoms with Crippen molar-refractivity contribution in [2.24, 2.45) is 5.92 Å². The summed E-state index contributed by atoms with van der Waals surface area (Å²) in [6.07, 6.45) is 6.51. The van der Waals surface area contributed by atoms with Crippen LogP contribution in [0.25, 0.3) is 0 Å². The topological polar surface area (TPSA) is 29.5 Å². The monoisotopic (exact) mass is 248 g/mol. The van der Waals surface area contributed by atoms with Crippen LogP contribution in [0.5, 0.6) is 5.75 Å². The lowest BCUT2D eigenvalue weighted by Gasteiger charge is -2.27. The summed E-state index contributed by atoms with van der Waals surface area (Å²) in [5, 5.41) is 9.98. The van der Waals surface area contributed by atoms with Crippen LogP contribution in [-0.4, -0.2) is 17.8 Å². The summed E-state index contributed by atoms with van der Waals surface area (Å²) < 4.78 is 5.57. The molecule has 0 amide bonds. The maximum absolute atomic E-state index is 9.98. The average Bonchev–Trinajstić information content (AvgIpc) is 2.41. The fraction of sp³-hybridized carbons (Fsp3) is 0.625. The van der Waals surface area contributed by atoms with Gasteiger partial charge in [-0.2, -0.15) is 0 Å². The normalized spacial score (nSPS) is 23.9. The van der Waals surface area contributed by atoms with Gasteiger partial charge in [-0.3, -0.25) is 0 Å². The zero-order valence-electron chi connectivity index (χ0n) is 11.3. The van der Waals surface area contributed by atoms with Crippen molar-refractivity contribution in [1.29, 1.82) is 0 Å². The number of hydrogen-bond donors (Lipinski definition) is 1. The zero-order valence-corrected chi connectivity index (χ0v) is 11.3. The Morgan fingerprint density at radius 2 is 1.89 bits per heavy atom. The fourth-order valence-corrected chi connectivity index (χ4v) is 2.67. The molecule has 1 aliphatic rings. The van der Waals surface area contributed by atoms with E-state index in [9.17, 15) is 5.11 Å². The molecule has 0 spiro atoms. The van der Waals surface area contributed by atoms with Crippen LogP contribution in [0.15, 0.2) is 24.3 Å². The molecule has 0 bridgehead atoms. The summed E-state index contributed by atoms with van der Waals surface area (Å²) in [7, 11) is 0. The van der Waals surface area contributed by atoms with E-state index < -0.39 is 0 Å². The Hall–Kier alpha value is -1.02. The predicted molar refractivity (Wildman–Crippen MR) is 73.9 cm³/mol. The molecule has 1 aliphatic carbocycles. The third kappa shape index (κ3) is 3.74. The minimum absolute atomic E-state index is 0.102. The van der Waals surface area contributed by atoms with Gasteiger partial charge in [0.15, 0.2) is 0 Å². The van der Waals surface area contributed by atoms with Crippen LogP contribution in [0.4, 0.5) is 0 Å². The molecule has 0 radical (unpaired) electrons. The minimum atomic E-state index is -0.102. The van der Waals surface area contributed by atoms with Crippen molar-refractivity contribution in [3.05, 3.63) is 29.8 Å². The molecule has 1 aromatic carbocycles. The molecule has 0 saturated heterocycles. The number of aliphatic hydroxyl groups excluding tert-OH is 1. The third-order valence-corrected chi connectivity index (χ3v) is 3.76. The van der Waals surface area contributed by atoms with Gasteiger partial charge in [-0.1, -0.05) is 31.9 Å². The van der Waals surface area contributed by atoms with Gasteiger partial charge in [0.1, 0.15) is 5.75 Å². The van der Waals surface area contributed by atoms with Gasteiger partial charge in [-0.05, 0) is 49.3 Å². The van der Waals surface area contributed by atoms with Gasteiger partial charge in [0.2, 0.25) is 0 Å². The molecular weight excluding hydrogens is 224 g/mol. The van der Waals surface area contributed by atoms with Crippen molar-refractivity contribution in [2.45, 2.75) is 51.6 Å². The van der Waals surface area contributed by atoms with Crippen LogP contribution in [0.1, 0.15) is 44.6 Å². The number of hydrogen-bond acceptors (Lipinski definition) is 2. The van der Waals surface area contributed by atoms with E-state index in [2.05, 4.69) is 19.1 Å². The molecular formula is C16H24O2. The summed E-state index contributed by atoms with van der Waals surface area (Å²) in [6.45, 7) is 2.89. The van der Waals surface area contributed by atoms with E-state index in [1.54, 1.807) is 0 Å². The first-order chi connectivity index (χ1) is 8.79. The number of rotatable bonds is 5. The van der Waals surface area contributed by atoms with Gasteiger partial charge in [-0.25, -0.2) is 0 Å². The second kappa shape index (κ2) is 6.79. The maximum atomic E-state index is 9.98. The molecule has 1 aromatic rings. The van der Waals surface area contributed by atoms with Crippen LogP contribution in [0.2, 0.25) is 0 Å². The molecule has 2 atom stereocenters. The molecule has 100 valence electrons. The van der Waals surface area contributed by atoms with E-state index >= 15 is 0 Å². The summed E-state index contributed by atoms with van der Waals surface area (Å²) in [5.41, 5.74) is 1.31. The van der Waals surface area contributed by atoms with E-state index in [4.69, 9.17) is 4.74 Å². The molecule has 0 aromatic heterocycles. The lowest BCUT2D eigenvalue weighted by atomic mass is 9.82. The average molecular weight is 248 g/mol. The molecule has 2 heteroatoms. The summed E-state index contributed by atoms with van der Waals surface area (Å²) in [6, 6.07) is 8.35. The SMILES string of the molecule is CCCOc1ccc(CC2CCCCC2O)cc1. The lowest BCUT2D eigenvalue weighted by molar-refractivity contribution is 0.0700. The summed E-state index contributed by atoms with van der Waals surface area (Å²) >= 11 is 0. The standard InChI is InChI=1S/C16H24O2/c1-2-11-18-15-9-7-13(8-10-15)12-14-5-3-4-6-16(14)17/h7-10,14,16-17H,2-6,11-12H2,1H3. The fourth-order valence-electron chi connectivity index (χ4n) is 2.67. The first kappa shape index (κ1) is 13.4. The zero-order chi connectivity index (χ0) is 12.8.